The van der Waals surface area contributed by atoms with Crippen molar-refractivity contribution >= 4 is 12.1 Å². The first-order valence-electron chi connectivity index (χ1n) is 11.2. The average Bonchev–Trinajstić information content (AvgIpc) is 3.11. The van der Waals surface area contributed by atoms with Gasteiger partial charge in [0.25, 0.3) is 0 Å². The number of rotatable bonds is 6. The lowest BCUT2D eigenvalue weighted by atomic mass is 9.54. The Labute approximate surface area is 183 Å². The minimum absolute atomic E-state index is 0.0178. The van der Waals surface area contributed by atoms with E-state index in [4.69, 9.17) is 14.2 Å². The van der Waals surface area contributed by atoms with Crippen molar-refractivity contribution in [2.75, 3.05) is 27.6 Å². The number of nitrogens with one attached hydrogen (secondary N) is 1. The van der Waals surface area contributed by atoms with Gasteiger partial charge in [-0.3, -0.25) is 4.79 Å². The zero-order chi connectivity index (χ0) is 22.0. The molecule has 0 aromatic rings. The Kier molecular flexibility index (Phi) is 6.42. The smallest absolute Gasteiger partial charge is 0.407 e. The van der Waals surface area contributed by atoms with Crippen LogP contribution in [0.3, 0.4) is 0 Å². The molecule has 0 heterocycles. The van der Waals surface area contributed by atoms with Crippen molar-refractivity contribution in [3.05, 3.63) is 35.6 Å². The predicted octanol–water partition coefficient (Wildman–Crippen LogP) is 3.72. The van der Waals surface area contributed by atoms with Crippen LogP contribution >= 0.6 is 0 Å². The second-order valence-corrected chi connectivity index (χ2v) is 9.30. The van der Waals surface area contributed by atoms with Gasteiger partial charge in [-0.25, -0.2) is 4.79 Å². The summed E-state index contributed by atoms with van der Waals surface area (Å²) < 4.78 is 21.0. The molecule has 0 radical (unpaired) electrons. The van der Waals surface area contributed by atoms with Gasteiger partial charge in [-0.15, -0.1) is 0 Å². The fourth-order valence-electron chi connectivity index (χ4n) is 6.33. The molecule has 4 aliphatic rings. The third-order valence-electron chi connectivity index (χ3n) is 7.85. The van der Waals surface area contributed by atoms with Crippen molar-refractivity contribution in [3.63, 3.8) is 0 Å². The highest BCUT2D eigenvalue weighted by atomic mass is 16.7. The van der Waals surface area contributed by atoms with Crippen molar-refractivity contribution in [2.45, 2.75) is 45.1 Å². The molecular formula is C24H33NO6. The standard InChI is InChI=1S/C24H33NO6/c1-24-11-10-18-17-7-5-16(30-14-28-2)12-15(17)4-6-19(18)20(24)8-9-21(24)31-23(27)25-13-22(26)29-3/h4-5,7,12,17-21H,6,8-11,13-14H2,1-3H3,(H,25,27)/t17-,18+,19+,20-,21-,24-/m0/s1. The van der Waals surface area contributed by atoms with E-state index in [9.17, 15) is 9.59 Å². The van der Waals surface area contributed by atoms with Crippen molar-refractivity contribution in [3.8, 4) is 0 Å². The van der Waals surface area contributed by atoms with Crippen LogP contribution in [0.15, 0.2) is 35.6 Å². The van der Waals surface area contributed by atoms with Crippen LogP contribution in [0.1, 0.15) is 39.0 Å². The molecule has 0 unspecified atom stereocenters. The summed E-state index contributed by atoms with van der Waals surface area (Å²) in [4.78, 5) is 23.5. The van der Waals surface area contributed by atoms with Crippen LogP contribution in [-0.2, 0) is 23.7 Å². The second kappa shape index (κ2) is 9.07. The Hall–Kier alpha value is -2.28. The first-order chi connectivity index (χ1) is 15.0. The number of alkyl carbamates (subject to hydrolysis) is 1. The normalized spacial score (nSPS) is 35.6. The quantitative estimate of drug-likeness (QED) is 0.510. The van der Waals surface area contributed by atoms with E-state index >= 15 is 0 Å². The maximum Gasteiger partial charge on any atom is 0.407 e. The summed E-state index contributed by atoms with van der Waals surface area (Å²) in [5, 5.41) is 2.50. The maximum atomic E-state index is 12.2. The van der Waals surface area contributed by atoms with Crippen LogP contribution in [0.4, 0.5) is 4.79 Å². The zero-order valence-corrected chi connectivity index (χ0v) is 18.6. The molecule has 2 fully saturated rings. The first kappa shape index (κ1) is 21.9. The van der Waals surface area contributed by atoms with Gasteiger partial charge in [0, 0.05) is 18.4 Å². The van der Waals surface area contributed by atoms with Crippen LogP contribution in [0, 0.1) is 29.1 Å². The summed E-state index contributed by atoms with van der Waals surface area (Å²) in [6.07, 6.45) is 13.4. The van der Waals surface area contributed by atoms with Gasteiger partial charge in [-0.1, -0.05) is 19.1 Å². The lowest BCUT2D eigenvalue weighted by Gasteiger charge is -2.51. The Bertz CT molecular complexity index is 802. The zero-order valence-electron chi connectivity index (χ0n) is 18.6. The van der Waals surface area contributed by atoms with Gasteiger partial charge in [0.1, 0.15) is 18.4 Å². The SMILES string of the molecule is COCOC1=CC2=CC[C@@H]3[C@H](CC[C@]4(C)[C@@H](OC(=O)NCC(=O)OC)CC[C@@H]34)[C@H]2C=C1. The van der Waals surface area contributed by atoms with Crippen molar-refractivity contribution in [1.29, 1.82) is 0 Å². The number of fused-ring (bicyclic) bond motifs is 5. The van der Waals surface area contributed by atoms with Gasteiger partial charge in [-0.05, 0) is 67.6 Å². The largest absolute Gasteiger partial charge is 0.468 e. The lowest BCUT2D eigenvalue weighted by molar-refractivity contribution is -0.139. The number of carbonyl (C=O) groups is 2. The molecule has 4 rings (SSSR count). The minimum atomic E-state index is -0.533. The molecule has 170 valence electrons. The molecule has 6 atom stereocenters. The van der Waals surface area contributed by atoms with Gasteiger partial charge < -0.3 is 24.3 Å². The maximum absolute atomic E-state index is 12.2. The molecule has 0 aromatic carbocycles. The number of carbonyl (C=O) groups excluding carboxylic acids is 2. The lowest BCUT2D eigenvalue weighted by Crippen LogP contribution is -2.48. The molecule has 2 saturated carbocycles. The number of hydrogen-bond acceptors (Lipinski definition) is 6. The van der Waals surface area contributed by atoms with Crippen LogP contribution in [0.25, 0.3) is 0 Å². The van der Waals surface area contributed by atoms with E-state index < -0.39 is 12.1 Å². The molecule has 7 nitrogen and oxygen atoms in total. The summed E-state index contributed by atoms with van der Waals surface area (Å²) >= 11 is 0. The van der Waals surface area contributed by atoms with Crippen molar-refractivity contribution < 1.29 is 28.5 Å². The minimum Gasteiger partial charge on any atom is -0.468 e. The highest BCUT2D eigenvalue weighted by Crippen LogP contribution is 2.61. The van der Waals surface area contributed by atoms with E-state index in [0.29, 0.717) is 23.7 Å². The average molecular weight is 432 g/mol. The first-order valence-corrected chi connectivity index (χ1v) is 11.2. The van der Waals surface area contributed by atoms with Crippen LogP contribution < -0.4 is 5.32 Å². The number of allylic oxidation sites excluding steroid dienone is 5. The summed E-state index contributed by atoms with van der Waals surface area (Å²) in [7, 11) is 2.92. The fraction of sp³-hybridized carbons (Fsp3) is 0.667. The summed E-state index contributed by atoms with van der Waals surface area (Å²) in [5.41, 5.74) is 1.34. The van der Waals surface area contributed by atoms with Gasteiger partial charge in [-0.2, -0.15) is 0 Å². The summed E-state index contributed by atoms with van der Waals surface area (Å²) in [5.74, 6) is 2.55. The molecular weight excluding hydrogens is 398 g/mol. The van der Waals surface area contributed by atoms with E-state index in [1.165, 1.54) is 12.7 Å². The van der Waals surface area contributed by atoms with Gasteiger partial charge >= 0.3 is 12.1 Å². The Morgan fingerprint density at radius 3 is 2.81 bits per heavy atom. The van der Waals surface area contributed by atoms with Crippen molar-refractivity contribution in [2.24, 2.45) is 29.1 Å². The van der Waals surface area contributed by atoms with E-state index in [2.05, 4.69) is 41.3 Å². The third-order valence-corrected chi connectivity index (χ3v) is 7.85. The van der Waals surface area contributed by atoms with Crippen LogP contribution in [0.2, 0.25) is 0 Å². The number of amides is 1. The molecule has 31 heavy (non-hydrogen) atoms. The highest BCUT2D eigenvalue weighted by molar-refractivity contribution is 5.77. The van der Waals surface area contributed by atoms with E-state index in [1.807, 2.05) is 0 Å². The molecule has 0 aliphatic heterocycles. The summed E-state index contributed by atoms with van der Waals surface area (Å²) in [6, 6.07) is 0. The molecule has 0 aromatic heterocycles. The van der Waals surface area contributed by atoms with Gasteiger partial charge in [0.05, 0.1) is 7.11 Å². The molecule has 1 N–H and O–H groups in total. The number of ether oxygens (including phenoxy) is 4. The molecule has 1 amide bonds. The highest BCUT2D eigenvalue weighted by Gasteiger charge is 2.56. The number of methoxy groups -OCH3 is 2. The number of esters is 1. The molecule has 0 bridgehead atoms. The molecule has 7 heteroatoms. The van der Waals surface area contributed by atoms with Crippen molar-refractivity contribution in [1.82, 2.24) is 5.32 Å². The Balaban J connectivity index is 1.42. The van der Waals surface area contributed by atoms with Gasteiger partial charge in [0.2, 0.25) is 0 Å². The fourth-order valence-corrected chi connectivity index (χ4v) is 6.33. The van der Waals surface area contributed by atoms with E-state index in [1.54, 1.807) is 7.11 Å². The number of hydrogen-bond donors (Lipinski definition) is 1. The molecule has 0 spiro atoms. The Morgan fingerprint density at radius 1 is 1.19 bits per heavy atom. The summed E-state index contributed by atoms with van der Waals surface area (Å²) in [6.45, 7) is 2.37. The predicted molar refractivity (Wildman–Crippen MR) is 114 cm³/mol. The second-order valence-electron chi connectivity index (χ2n) is 9.30. The monoisotopic (exact) mass is 431 g/mol. The molecule has 0 saturated heterocycles. The third kappa shape index (κ3) is 4.25. The van der Waals surface area contributed by atoms with E-state index in [-0.39, 0.29) is 24.9 Å². The molecule has 4 aliphatic carbocycles. The topological polar surface area (TPSA) is 83.1 Å². The van der Waals surface area contributed by atoms with Gasteiger partial charge in [0.15, 0.2) is 6.79 Å². The van der Waals surface area contributed by atoms with Crippen LogP contribution in [0.5, 0.6) is 0 Å². The Morgan fingerprint density at radius 2 is 2.03 bits per heavy atom. The van der Waals surface area contributed by atoms with Crippen LogP contribution in [-0.4, -0.2) is 45.7 Å². The van der Waals surface area contributed by atoms with E-state index in [0.717, 1.165) is 37.9 Å².